The molecule has 0 aromatic carbocycles. The summed E-state index contributed by atoms with van der Waals surface area (Å²) in [6.45, 7) is 4.74. The lowest BCUT2D eigenvalue weighted by Crippen LogP contribution is -2.32. The number of nitrogens with one attached hydrogen (secondary N) is 1. The maximum Gasteiger partial charge on any atom is 0.288 e. The maximum absolute atomic E-state index is 13.7. The van der Waals surface area contributed by atoms with Crippen molar-refractivity contribution in [2.24, 2.45) is 11.8 Å². The van der Waals surface area contributed by atoms with E-state index in [1.165, 1.54) is 12.4 Å². The summed E-state index contributed by atoms with van der Waals surface area (Å²) in [4.78, 5) is 30.6. The Labute approximate surface area is 142 Å². The summed E-state index contributed by atoms with van der Waals surface area (Å²) in [5, 5.41) is 0. The monoisotopic (exact) mass is 348 g/mol. The fourth-order valence-corrected chi connectivity index (χ4v) is 3.67. The van der Waals surface area contributed by atoms with Crippen molar-refractivity contribution in [3.8, 4) is 0 Å². The van der Waals surface area contributed by atoms with Crippen LogP contribution in [-0.2, 0) is 6.42 Å². The second-order valence-corrected chi connectivity index (χ2v) is 6.54. The number of hydrogen-bond acceptors (Lipinski definition) is 6. The van der Waals surface area contributed by atoms with Gasteiger partial charge in [-0.2, -0.15) is 4.39 Å². The van der Waals surface area contributed by atoms with E-state index in [0.29, 0.717) is 30.2 Å². The second kappa shape index (κ2) is 6.05. The molecule has 25 heavy (non-hydrogen) atoms. The van der Waals surface area contributed by atoms with E-state index in [0.717, 1.165) is 26.2 Å². The molecule has 2 atom stereocenters. The molecule has 9 heteroatoms. The molecule has 2 fully saturated rings. The average Bonchev–Trinajstić information content (AvgIpc) is 3.17. The van der Waals surface area contributed by atoms with Gasteiger partial charge in [0, 0.05) is 38.0 Å². The fraction of sp³-hybridized carbons (Fsp3) is 0.500. The minimum absolute atomic E-state index is 0.192. The van der Waals surface area contributed by atoms with Crippen molar-refractivity contribution < 1.29 is 8.78 Å². The Morgan fingerprint density at radius 1 is 1.12 bits per heavy atom. The molecule has 132 valence electrons. The average molecular weight is 348 g/mol. The minimum Gasteiger partial charge on any atom is -0.342 e. The molecular formula is C16H18F2N6O. The number of aromatic amines is 1. The van der Waals surface area contributed by atoms with Crippen LogP contribution in [0.15, 0.2) is 17.2 Å². The zero-order valence-electron chi connectivity index (χ0n) is 13.7. The van der Waals surface area contributed by atoms with Crippen molar-refractivity contribution >= 4 is 11.9 Å². The first-order chi connectivity index (χ1) is 12.0. The van der Waals surface area contributed by atoms with Crippen molar-refractivity contribution in [3.05, 3.63) is 40.1 Å². The largest absolute Gasteiger partial charge is 0.342 e. The highest BCUT2D eigenvalue weighted by molar-refractivity contribution is 5.38. The molecule has 0 aliphatic carbocycles. The van der Waals surface area contributed by atoms with Gasteiger partial charge in [0.15, 0.2) is 5.82 Å². The molecule has 0 saturated carbocycles. The summed E-state index contributed by atoms with van der Waals surface area (Å²) < 4.78 is 26.6. The van der Waals surface area contributed by atoms with Crippen molar-refractivity contribution in [3.63, 3.8) is 0 Å². The van der Waals surface area contributed by atoms with Crippen molar-refractivity contribution in [2.75, 3.05) is 36.0 Å². The number of rotatable bonds is 3. The molecule has 1 N–H and O–H groups in total. The van der Waals surface area contributed by atoms with Gasteiger partial charge in [0.2, 0.25) is 17.7 Å². The predicted octanol–water partition coefficient (Wildman–Crippen LogP) is 0.973. The highest BCUT2D eigenvalue weighted by atomic mass is 19.1. The topological polar surface area (TPSA) is 78.0 Å². The highest BCUT2D eigenvalue weighted by Gasteiger charge is 2.41. The SMILES string of the molecule is CCc1nc(N2CC3CN(c4ncc(F)cn4)CC3C2)[nH]c(=O)c1F. The third-order valence-corrected chi connectivity index (χ3v) is 4.93. The molecule has 4 heterocycles. The third kappa shape index (κ3) is 2.83. The quantitative estimate of drug-likeness (QED) is 0.891. The number of halogens is 2. The van der Waals surface area contributed by atoms with Crippen LogP contribution in [0.5, 0.6) is 0 Å². The number of aromatic nitrogens is 4. The lowest BCUT2D eigenvalue weighted by molar-refractivity contribution is 0.533. The van der Waals surface area contributed by atoms with Crippen LogP contribution in [0.4, 0.5) is 20.7 Å². The Balaban J connectivity index is 1.49. The molecule has 2 saturated heterocycles. The van der Waals surface area contributed by atoms with Crippen molar-refractivity contribution in [1.82, 2.24) is 19.9 Å². The van der Waals surface area contributed by atoms with E-state index in [4.69, 9.17) is 0 Å². The Morgan fingerprint density at radius 2 is 1.72 bits per heavy atom. The van der Waals surface area contributed by atoms with E-state index in [2.05, 4.69) is 19.9 Å². The molecule has 2 aromatic heterocycles. The molecule has 2 aromatic rings. The summed E-state index contributed by atoms with van der Waals surface area (Å²) >= 11 is 0. The molecule has 4 rings (SSSR count). The number of hydrogen-bond donors (Lipinski definition) is 1. The molecule has 0 radical (unpaired) electrons. The molecule has 2 aliphatic heterocycles. The zero-order chi connectivity index (χ0) is 17.6. The zero-order valence-corrected chi connectivity index (χ0v) is 13.7. The van der Waals surface area contributed by atoms with Gasteiger partial charge < -0.3 is 9.80 Å². The first kappa shape index (κ1) is 15.9. The van der Waals surface area contributed by atoms with Crippen LogP contribution in [0.25, 0.3) is 0 Å². The molecule has 2 aliphatic rings. The van der Waals surface area contributed by atoms with Crippen molar-refractivity contribution in [1.29, 1.82) is 0 Å². The highest BCUT2D eigenvalue weighted by Crippen LogP contribution is 2.33. The van der Waals surface area contributed by atoms with Crippen molar-refractivity contribution in [2.45, 2.75) is 13.3 Å². The molecule has 7 nitrogen and oxygen atoms in total. The van der Waals surface area contributed by atoms with Gasteiger partial charge in [-0.25, -0.2) is 19.3 Å². The Hall–Kier alpha value is -2.58. The first-order valence-corrected chi connectivity index (χ1v) is 8.31. The number of anilines is 2. The van der Waals surface area contributed by atoms with E-state index >= 15 is 0 Å². The van der Waals surface area contributed by atoms with Crippen LogP contribution in [0.1, 0.15) is 12.6 Å². The Kier molecular flexibility index (Phi) is 3.85. The van der Waals surface area contributed by atoms with Gasteiger partial charge in [0.1, 0.15) is 0 Å². The number of H-pyrrole nitrogens is 1. The summed E-state index contributed by atoms with van der Waals surface area (Å²) in [6.07, 6.45) is 2.71. The standard InChI is InChI=1S/C16H18F2N6O/c1-2-12-13(18)14(25)22-16(21-12)24-7-9-5-23(6-10(9)8-24)15-19-3-11(17)4-20-15/h3-4,9-10H,2,5-8H2,1H3,(H,21,22,25). The number of aryl methyl sites for hydroxylation is 1. The summed E-state index contributed by atoms with van der Waals surface area (Å²) in [7, 11) is 0. The molecule has 2 unspecified atom stereocenters. The third-order valence-electron chi connectivity index (χ3n) is 4.93. The van der Waals surface area contributed by atoms with Gasteiger partial charge >= 0.3 is 0 Å². The summed E-state index contributed by atoms with van der Waals surface area (Å²) in [5.74, 6) is 0.451. The van der Waals surface area contributed by atoms with Crippen LogP contribution in [0.2, 0.25) is 0 Å². The molecular weight excluding hydrogens is 330 g/mol. The predicted molar refractivity (Wildman–Crippen MR) is 87.6 cm³/mol. The van der Waals surface area contributed by atoms with Gasteiger partial charge in [-0.15, -0.1) is 0 Å². The van der Waals surface area contributed by atoms with E-state index in [1.807, 2.05) is 9.80 Å². The second-order valence-electron chi connectivity index (χ2n) is 6.54. The normalized spacial score (nSPS) is 22.5. The van der Waals surface area contributed by atoms with E-state index in [-0.39, 0.29) is 5.69 Å². The van der Waals surface area contributed by atoms with Crippen LogP contribution in [0.3, 0.4) is 0 Å². The summed E-state index contributed by atoms with van der Waals surface area (Å²) in [5.41, 5.74) is -0.530. The van der Waals surface area contributed by atoms with Crippen LogP contribution in [0, 0.1) is 23.5 Å². The van der Waals surface area contributed by atoms with Crippen LogP contribution in [-0.4, -0.2) is 46.1 Å². The van der Waals surface area contributed by atoms with Gasteiger partial charge in [-0.3, -0.25) is 9.78 Å². The smallest absolute Gasteiger partial charge is 0.288 e. The van der Waals surface area contributed by atoms with E-state index in [9.17, 15) is 13.6 Å². The fourth-order valence-electron chi connectivity index (χ4n) is 3.67. The molecule has 0 amide bonds. The maximum atomic E-state index is 13.7. The Bertz CT molecular complexity index is 826. The first-order valence-electron chi connectivity index (χ1n) is 8.31. The molecule has 0 spiro atoms. The van der Waals surface area contributed by atoms with Gasteiger partial charge in [-0.05, 0) is 6.42 Å². The van der Waals surface area contributed by atoms with Gasteiger partial charge in [0.25, 0.3) is 5.56 Å². The van der Waals surface area contributed by atoms with Gasteiger partial charge in [0.05, 0.1) is 18.1 Å². The molecule has 0 bridgehead atoms. The van der Waals surface area contributed by atoms with E-state index in [1.54, 1.807) is 6.92 Å². The minimum atomic E-state index is -0.801. The lowest BCUT2D eigenvalue weighted by Gasteiger charge is -2.22. The van der Waals surface area contributed by atoms with Crippen LogP contribution >= 0.6 is 0 Å². The van der Waals surface area contributed by atoms with Crippen LogP contribution < -0.4 is 15.4 Å². The lowest BCUT2D eigenvalue weighted by atomic mass is 10.0. The Morgan fingerprint density at radius 3 is 2.32 bits per heavy atom. The number of fused-ring (bicyclic) bond motifs is 1. The van der Waals surface area contributed by atoms with E-state index < -0.39 is 17.2 Å². The van der Waals surface area contributed by atoms with Gasteiger partial charge in [-0.1, -0.05) is 6.92 Å². The summed E-state index contributed by atoms with van der Waals surface area (Å²) in [6, 6.07) is 0. The number of nitrogens with zero attached hydrogens (tertiary/aromatic N) is 5.